The predicted molar refractivity (Wildman–Crippen MR) is 72.2 cm³/mol. The van der Waals surface area contributed by atoms with Gasteiger partial charge in [-0.3, -0.25) is 4.90 Å². The van der Waals surface area contributed by atoms with Crippen molar-refractivity contribution in [1.82, 2.24) is 9.88 Å². The number of halogens is 1. The van der Waals surface area contributed by atoms with Gasteiger partial charge in [-0.1, -0.05) is 37.4 Å². The molecule has 1 aliphatic heterocycles. The number of likely N-dealkylation sites (tertiary alicyclic amines) is 1. The molecule has 0 aliphatic carbocycles. The van der Waals surface area contributed by atoms with Crippen LogP contribution in [-0.4, -0.2) is 22.5 Å². The van der Waals surface area contributed by atoms with Crippen LogP contribution < -0.4 is 0 Å². The van der Waals surface area contributed by atoms with Gasteiger partial charge < -0.3 is 0 Å². The first-order valence-electron chi connectivity index (χ1n) is 6.65. The lowest BCUT2D eigenvalue weighted by atomic mass is 9.98. The highest BCUT2D eigenvalue weighted by Gasteiger charge is 2.21. The molecule has 1 aromatic heterocycles. The molecular formula is C14H21ClN2. The van der Waals surface area contributed by atoms with Gasteiger partial charge in [-0.05, 0) is 37.9 Å². The molecule has 1 aliphatic rings. The summed E-state index contributed by atoms with van der Waals surface area (Å²) in [6.07, 6.45) is 6.62. The minimum atomic E-state index is 0.603. The molecule has 1 saturated heterocycles. The second-order valence-corrected chi connectivity index (χ2v) is 5.25. The molecule has 1 unspecified atom stereocenters. The largest absolute Gasteiger partial charge is 0.295 e. The smallest absolute Gasteiger partial charge is 0.129 e. The zero-order valence-corrected chi connectivity index (χ0v) is 11.3. The van der Waals surface area contributed by atoms with Crippen LogP contribution >= 0.6 is 11.6 Å². The van der Waals surface area contributed by atoms with E-state index in [1.54, 1.807) is 0 Å². The highest BCUT2D eigenvalue weighted by Crippen LogP contribution is 2.22. The SMILES string of the molecule is CCCC1CCCCN1Cc1cccc(Cl)n1. The summed E-state index contributed by atoms with van der Waals surface area (Å²) in [4.78, 5) is 6.96. The van der Waals surface area contributed by atoms with Crippen LogP contribution in [0.3, 0.4) is 0 Å². The third kappa shape index (κ3) is 3.68. The van der Waals surface area contributed by atoms with E-state index in [1.807, 2.05) is 12.1 Å². The predicted octanol–water partition coefficient (Wildman–Crippen LogP) is 3.89. The zero-order valence-electron chi connectivity index (χ0n) is 10.5. The van der Waals surface area contributed by atoms with Gasteiger partial charge in [0, 0.05) is 12.6 Å². The standard InChI is InChI=1S/C14H21ClN2/c1-2-6-13-8-3-4-10-17(13)11-12-7-5-9-14(15)16-12/h5,7,9,13H,2-4,6,8,10-11H2,1H3. The fraction of sp³-hybridized carbons (Fsp3) is 0.643. The summed E-state index contributed by atoms with van der Waals surface area (Å²) in [5.41, 5.74) is 1.10. The molecule has 2 rings (SSSR count). The lowest BCUT2D eigenvalue weighted by Gasteiger charge is -2.35. The number of hydrogen-bond donors (Lipinski definition) is 0. The van der Waals surface area contributed by atoms with Gasteiger partial charge in [-0.15, -0.1) is 0 Å². The van der Waals surface area contributed by atoms with Crippen LogP contribution in [0.15, 0.2) is 18.2 Å². The lowest BCUT2D eigenvalue weighted by Crippen LogP contribution is -2.38. The number of rotatable bonds is 4. The van der Waals surface area contributed by atoms with Crippen LogP contribution in [0.25, 0.3) is 0 Å². The summed E-state index contributed by atoms with van der Waals surface area (Å²) < 4.78 is 0. The van der Waals surface area contributed by atoms with Crippen LogP contribution in [0.2, 0.25) is 5.15 Å². The van der Waals surface area contributed by atoms with Crippen molar-refractivity contribution in [2.75, 3.05) is 6.54 Å². The Bertz CT molecular complexity index is 352. The maximum absolute atomic E-state index is 5.93. The van der Waals surface area contributed by atoms with E-state index in [1.165, 1.54) is 38.6 Å². The first-order valence-corrected chi connectivity index (χ1v) is 7.03. The van der Waals surface area contributed by atoms with E-state index in [0.717, 1.165) is 18.3 Å². The van der Waals surface area contributed by atoms with Crippen molar-refractivity contribution in [2.24, 2.45) is 0 Å². The Morgan fingerprint density at radius 3 is 3.06 bits per heavy atom. The Morgan fingerprint density at radius 1 is 1.41 bits per heavy atom. The lowest BCUT2D eigenvalue weighted by molar-refractivity contribution is 0.130. The summed E-state index contributed by atoms with van der Waals surface area (Å²) >= 11 is 5.93. The van der Waals surface area contributed by atoms with Crippen molar-refractivity contribution in [3.05, 3.63) is 29.0 Å². The molecule has 0 N–H and O–H groups in total. The number of pyridine rings is 1. The van der Waals surface area contributed by atoms with Crippen molar-refractivity contribution in [1.29, 1.82) is 0 Å². The molecule has 3 heteroatoms. The average Bonchev–Trinajstić information content (AvgIpc) is 2.32. The highest BCUT2D eigenvalue weighted by molar-refractivity contribution is 6.29. The maximum atomic E-state index is 5.93. The van der Waals surface area contributed by atoms with Crippen molar-refractivity contribution < 1.29 is 0 Å². The first kappa shape index (κ1) is 12.8. The Morgan fingerprint density at radius 2 is 2.29 bits per heavy atom. The van der Waals surface area contributed by atoms with Gasteiger partial charge >= 0.3 is 0 Å². The molecule has 94 valence electrons. The molecule has 2 nitrogen and oxygen atoms in total. The minimum Gasteiger partial charge on any atom is -0.295 e. The average molecular weight is 253 g/mol. The normalized spacial score (nSPS) is 21.6. The van der Waals surface area contributed by atoms with E-state index in [9.17, 15) is 0 Å². The van der Waals surface area contributed by atoms with Gasteiger partial charge in [0.05, 0.1) is 5.69 Å². The summed E-state index contributed by atoms with van der Waals surface area (Å²) in [6.45, 7) is 4.43. The number of piperidine rings is 1. The molecule has 0 radical (unpaired) electrons. The topological polar surface area (TPSA) is 16.1 Å². The molecule has 1 aromatic rings. The van der Waals surface area contributed by atoms with Crippen LogP contribution in [0, 0.1) is 0 Å². The molecule has 0 spiro atoms. The van der Waals surface area contributed by atoms with E-state index in [2.05, 4.69) is 22.9 Å². The first-order chi connectivity index (χ1) is 8.29. The molecular weight excluding hydrogens is 232 g/mol. The molecule has 2 heterocycles. The van der Waals surface area contributed by atoms with Crippen molar-refractivity contribution >= 4 is 11.6 Å². The van der Waals surface area contributed by atoms with Crippen molar-refractivity contribution in [3.8, 4) is 0 Å². The Hall–Kier alpha value is -0.600. The third-order valence-electron chi connectivity index (χ3n) is 3.51. The number of nitrogens with zero attached hydrogens (tertiary/aromatic N) is 2. The summed E-state index contributed by atoms with van der Waals surface area (Å²) in [6, 6.07) is 6.65. The number of aromatic nitrogens is 1. The quantitative estimate of drug-likeness (QED) is 0.756. The fourth-order valence-corrected chi connectivity index (χ4v) is 2.86. The van der Waals surface area contributed by atoms with Gasteiger partial charge in [-0.25, -0.2) is 4.98 Å². The summed E-state index contributed by atoms with van der Waals surface area (Å²) in [5, 5.41) is 0.603. The van der Waals surface area contributed by atoms with E-state index in [0.29, 0.717) is 5.15 Å². The van der Waals surface area contributed by atoms with Crippen LogP contribution in [0.5, 0.6) is 0 Å². The molecule has 0 amide bonds. The van der Waals surface area contributed by atoms with E-state index in [-0.39, 0.29) is 0 Å². The van der Waals surface area contributed by atoms with Crippen LogP contribution in [-0.2, 0) is 6.54 Å². The van der Waals surface area contributed by atoms with Gasteiger partial charge in [0.2, 0.25) is 0 Å². The van der Waals surface area contributed by atoms with Crippen molar-refractivity contribution in [3.63, 3.8) is 0 Å². The van der Waals surface area contributed by atoms with E-state index < -0.39 is 0 Å². The monoisotopic (exact) mass is 252 g/mol. The van der Waals surface area contributed by atoms with E-state index in [4.69, 9.17) is 11.6 Å². The molecule has 0 aromatic carbocycles. The Labute approximate surface area is 109 Å². The Balaban J connectivity index is 2.00. The van der Waals surface area contributed by atoms with Gasteiger partial charge in [0.25, 0.3) is 0 Å². The summed E-state index contributed by atoms with van der Waals surface area (Å²) in [7, 11) is 0. The summed E-state index contributed by atoms with van der Waals surface area (Å²) in [5.74, 6) is 0. The third-order valence-corrected chi connectivity index (χ3v) is 3.72. The van der Waals surface area contributed by atoms with Crippen molar-refractivity contribution in [2.45, 2.75) is 51.6 Å². The molecule has 1 atom stereocenters. The Kier molecular flexibility index (Phi) is 4.81. The molecule has 0 bridgehead atoms. The van der Waals surface area contributed by atoms with Gasteiger partial charge in [0.15, 0.2) is 0 Å². The maximum Gasteiger partial charge on any atom is 0.129 e. The molecule has 17 heavy (non-hydrogen) atoms. The van der Waals surface area contributed by atoms with E-state index >= 15 is 0 Å². The second-order valence-electron chi connectivity index (χ2n) is 4.86. The minimum absolute atomic E-state index is 0.603. The van der Waals surface area contributed by atoms with Gasteiger partial charge in [0.1, 0.15) is 5.15 Å². The molecule has 1 fully saturated rings. The second kappa shape index (κ2) is 6.36. The zero-order chi connectivity index (χ0) is 12.1. The number of hydrogen-bond acceptors (Lipinski definition) is 2. The van der Waals surface area contributed by atoms with Crippen LogP contribution in [0.1, 0.15) is 44.7 Å². The fourth-order valence-electron chi connectivity index (χ4n) is 2.67. The van der Waals surface area contributed by atoms with Gasteiger partial charge in [-0.2, -0.15) is 0 Å². The highest BCUT2D eigenvalue weighted by atomic mass is 35.5. The molecule has 0 saturated carbocycles. The van der Waals surface area contributed by atoms with Crippen LogP contribution in [0.4, 0.5) is 0 Å².